The number of aromatic nitrogens is 2. The fraction of sp³-hybridized carbons (Fsp3) is 0.500. The van der Waals surface area contributed by atoms with Gasteiger partial charge in [-0.25, -0.2) is 4.79 Å². The lowest BCUT2D eigenvalue weighted by atomic mass is 10.0. The number of nitrogens with one attached hydrogen (secondary N) is 1. The largest absolute Gasteiger partial charge is 0.480 e. The molecule has 156 valence electrons. The van der Waals surface area contributed by atoms with Gasteiger partial charge < -0.3 is 25.3 Å². The molecular weight excluding hydrogens is 446 g/mol. The van der Waals surface area contributed by atoms with Crippen LogP contribution in [-0.2, 0) is 24.0 Å². The van der Waals surface area contributed by atoms with Crippen LogP contribution < -0.4 is 5.32 Å². The minimum Gasteiger partial charge on any atom is -0.480 e. The molecule has 29 heavy (non-hydrogen) atoms. The van der Waals surface area contributed by atoms with Gasteiger partial charge >= 0.3 is 11.9 Å². The van der Waals surface area contributed by atoms with E-state index in [1.54, 1.807) is 6.26 Å². The number of rotatable bonds is 8. The van der Waals surface area contributed by atoms with Crippen molar-refractivity contribution in [2.75, 3.05) is 25.2 Å². The summed E-state index contributed by atoms with van der Waals surface area (Å²) in [4.78, 5) is 53.3. The molecule has 12 nitrogen and oxygen atoms in total. The fourth-order valence-electron chi connectivity index (χ4n) is 2.73. The van der Waals surface area contributed by atoms with E-state index in [1.165, 1.54) is 34.6 Å². The Morgan fingerprint density at radius 2 is 2.24 bits per heavy atom. The van der Waals surface area contributed by atoms with Crippen LogP contribution >= 0.6 is 35.3 Å². The number of carbonyl (C=O) groups excluding carboxylic acids is 2. The highest BCUT2D eigenvalue weighted by Crippen LogP contribution is 2.43. The number of carboxylic acid groups (broad SMARTS) is 2. The van der Waals surface area contributed by atoms with E-state index in [-0.39, 0.29) is 23.7 Å². The number of carboxylic acids is 2. The fourth-order valence-corrected chi connectivity index (χ4v) is 5.65. The van der Waals surface area contributed by atoms with E-state index < -0.39 is 46.5 Å². The molecule has 0 bridgehead atoms. The Hall–Kier alpha value is -2.39. The Kier molecular flexibility index (Phi) is 6.28. The van der Waals surface area contributed by atoms with E-state index in [4.69, 9.17) is 5.11 Å². The van der Waals surface area contributed by atoms with E-state index in [2.05, 4.69) is 24.1 Å². The molecule has 15 heteroatoms. The molecule has 2 amide bonds. The van der Waals surface area contributed by atoms with Gasteiger partial charge in [0.05, 0.1) is 17.9 Å². The van der Waals surface area contributed by atoms with Crippen molar-refractivity contribution >= 4 is 64.7 Å². The van der Waals surface area contributed by atoms with Crippen LogP contribution in [0.1, 0.15) is 5.69 Å². The summed E-state index contributed by atoms with van der Waals surface area (Å²) in [6.45, 7) is -0.708. The molecule has 1 aromatic heterocycles. The number of aliphatic carboxylic acids is 2. The van der Waals surface area contributed by atoms with E-state index in [0.29, 0.717) is 0 Å². The van der Waals surface area contributed by atoms with Crippen molar-refractivity contribution in [3.05, 3.63) is 11.9 Å². The first-order chi connectivity index (χ1) is 13.8. The maximum atomic E-state index is 12.6. The molecule has 0 aliphatic carbocycles. The molecular formula is C14H15N5O7S3. The SMILES string of the molecule is CSC1(C(=O)O)CS[C@@H]2C(NC(=O)C(=NOCC(=O)O)c3cnsn3)C(=O)N2C1. The Morgan fingerprint density at radius 3 is 2.83 bits per heavy atom. The van der Waals surface area contributed by atoms with Crippen molar-refractivity contribution in [2.24, 2.45) is 5.16 Å². The molecule has 0 aromatic carbocycles. The van der Waals surface area contributed by atoms with Crippen molar-refractivity contribution in [1.82, 2.24) is 19.0 Å². The van der Waals surface area contributed by atoms with E-state index in [0.717, 1.165) is 11.7 Å². The number of oxime groups is 1. The van der Waals surface area contributed by atoms with Crippen LogP contribution in [0.5, 0.6) is 0 Å². The Morgan fingerprint density at radius 1 is 1.48 bits per heavy atom. The first-order valence-corrected chi connectivity index (χ1v) is 11.0. The standard InChI is InChI=1S/C14H15N5O7S3/c1-27-14(13(24)25)4-19-11(23)9(12(19)28-5-14)16-10(22)8(6-2-15-29-18-6)17-26-3-7(20)21/h2,9,12H,3-5H2,1H3,(H,16,22)(H,20,21)(H,24,25)/t9?,12-,14?/m1/s1. The summed E-state index contributed by atoms with van der Waals surface area (Å²) in [5.41, 5.74) is -0.235. The zero-order valence-corrected chi connectivity index (χ0v) is 17.3. The van der Waals surface area contributed by atoms with Gasteiger partial charge in [-0.1, -0.05) is 5.16 Å². The monoisotopic (exact) mass is 461 g/mol. The maximum absolute atomic E-state index is 12.6. The van der Waals surface area contributed by atoms with Crippen molar-refractivity contribution in [3.63, 3.8) is 0 Å². The molecule has 2 unspecified atom stereocenters. The molecule has 1 aromatic rings. The van der Waals surface area contributed by atoms with Gasteiger partial charge in [0, 0.05) is 12.3 Å². The average molecular weight is 462 g/mol. The number of thioether (sulfide) groups is 2. The Balaban J connectivity index is 1.69. The van der Waals surface area contributed by atoms with Crippen LogP contribution in [0.3, 0.4) is 0 Å². The predicted molar refractivity (Wildman–Crippen MR) is 104 cm³/mol. The quantitative estimate of drug-likeness (QED) is 0.244. The van der Waals surface area contributed by atoms with Crippen molar-refractivity contribution < 1.29 is 34.2 Å². The summed E-state index contributed by atoms with van der Waals surface area (Å²) >= 11 is 3.26. The van der Waals surface area contributed by atoms with Gasteiger partial charge in [0.2, 0.25) is 12.5 Å². The summed E-state index contributed by atoms with van der Waals surface area (Å²) in [6.07, 6.45) is 2.94. The van der Waals surface area contributed by atoms with Crippen LogP contribution in [0.2, 0.25) is 0 Å². The molecule has 0 radical (unpaired) electrons. The minimum atomic E-state index is -1.27. The third-order valence-corrected chi connectivity index (χ3v) is 7.70. The summed E-state index contributed by atoms with van der Waals surface area (Å²) in [6, 6.07) is -0.864. The van der Waals surface area contributed by atoms with Gasteiger partial charge in [0.1, 0.15) is 21.9 Å². The molecule has 3 N–H and O–H groups in total. The third-order valence-electron chi connectivity index (χ3n) is 4.28. The van der Waals surface area contributed by atoms with Gasteiger partial charge in [0.25, 0.3) is 5.91 Å². The molecule has 2 saturated heterocycles. The van der Waals surface area contributed by atoms with Gasteiger partial charge in [-0.15, -0.1) is 23.5 Å². The lowest BCUT2D eigenvalue weighted by Crippen LogP contribution is -2.74. The van der Waals surface area contributed by atoms with Gasteiger partial charge in [-0.3, -0.25) is 14.4 Å². The van der Waals surface area contributed by atoms with Crippen molar-refractivity contribution in [1.29, 1.82) is 0 Å². The molecule has 2 aliphatic rings. The summed E-state index contributed by atoms with van der Waals surface area (Å²) in [5.74, 6) is -3.16. The topological polar surface area (TPSA) is 171 Å². The zero-order valence-electron chi connectivity index (χ0n) is 14.8. The van der Waals surface area contributed by atoms with E-state index >= 15 is 0 Å². The second kappa shape index (κ2) is 8.54. The second-order valence-electron chi connectivity index (χ2n) is 6.02. The van der Waals surface area contributed by atoms with Crippen LogP contribution in [-0.4, -0.2) is 94.6 Å². The molecule has 3 heterocycles. The minimum absolute atomic E-state index is 0.0467. The third kappa shape index (κ3) is 4.16. The van der Waals surface area contributed by atoms with Crippen LogP contribution in [0.25, 0.3) is 0 Å². The van der Waals surface area contributed by atoms with Gasteiger partial charge in [-0.2, -0.15) is 8.75 Å². The van der Waals surface area contributed by atoms with Crippen molar-refractivity contribution in [3.8, 4) is 0 Å². The average Bonchev–Trinajstić information content (AvgIpc) is 3.22. The smallest absolute Gasteiger partial charge is 0.344 e. The van der Waals surface area contributed by atoms with Gasteiger partial charge in [0.15, 0.2) is 5.71 Å². The number of hydrogen-bond acceptors (Lipinski definition) is 11. The lowest BCUT2D eigenvalue weighted by Gasteiger charge is -2.53. The summed E-state index contributed by atoms with van der Waals surface area (Å²) in [5, 5.41) is 23.8. The normalized spacial score (nSPS) is 26.3. The second-order valence-corrected chi connectivity index (χ2v) is 8.87. The number of fused-ring (bicyclic) bond motifs is 1. The Labute approximate surface area is 176 Å². The first-order valence-electron chi connectivity index (χ1n) is 8.00. The molecule has 2 fully saturated rings. The van der Waals surface area contributed by atoms with E-state index in [9.17, 15) is 24.3 Å². The van der Waals surface area contributed by atoms with Crippen molar-refractivity contribution in [2.45, 2.75) is 16.2 Å². The molecule has 3 atom stereocenters. The Bertz CT molecular complexity index is 864. The van der Waals surface area contributed by atoms with Crippen LogP contribution in [0.15, 0.2) is 11.4 Å². The number of nitrogens with zero attached hydrogens (tertiary/aromatic N) is 4. The first kappa shape index (κ1) is 21.3. The van der Waals surface area contributed by atoms with Crippen LogP contribution in [0, 0.1) is 0 Å². The highest BCUT2D eigenvalue weighted by molar-refractivity contribution is 8.04. The summed E-state index contributed by atoms with van der Waals surface area (Å²) < 4.78 is 6.56. The van der Waals surface area contributed by atoms with Crippen LogP contribution in [0.4, 0.5) is 0 Å². The van der Waals surface area contributed by atoms with E-state index in [1.807, 2.05) is 0 Å². The highest BCUT2D eigenvalue weighted by Gasteiger charge is 2.57. The maximum Gasteiger partial charge on any atom is 0.344 e. The summed E-state index contributed by atoms with van der Waals surface area (Å²) in [7, 11) is 0. The molecule has 3 rings (SSSR count). The molecule has 0 saturated carbocycles. The molecule has 0 spiro atoms. The zero-order chi connectivity index (χ0) is 21.2. The number of hydrogen-bond donors (Lipinski definition) is 3. The number of carbonyl (C=O) groups is 4. The number of β-lactam (4-membered cyclic amide) rings is 1. The van der Waals surface area contributed by atoms with Gasteiger partial charge in [-0.05, 0) is 6.26 Å². The molecule has 2 aliphatic heterocycles. The number of amides is 2. The lowest BCUT2D eigenvalue weighted by molar-refractivity contribution is -0.151. The highest BCUT2D eigenvalue weighted by atomic mass is 32.2. The predicted octanol–water partition coefficient (Wildman–Crippen LogP) is -1.07.